The van der Waals surface area contributed by atoms with Gasteiger partial charge >= 0.3 is 0 Å². The van der Waals surface area contributed by atoms with Gasteiger partial charge in [0.15, 0.2) is 5.96 Å². The van der Waals surface area contributed by atoms with E-state index in [9.17, 15) is 4.79 Å². The van der Waals surface area contributed by atoms with Gasteiger partial charge in [-0.05, 0) is 44.9 Å². The molecule has 0 heterocycles. The summed E-state index contributed by atoms with van der Waals surface area (Å²) in [5.74, 6) is 0.381. The number of unbranched alkanes of at least 4 members (excludes halogenated alkanes) is 3. The molecule has 1 aromatic carbocycles. The highest BCUT2D eigenvalue weighted by molar-refractivity contribution is 14.0. The van der Waals surface area contributed by atoms with E-state index in [1.165, 1.54) is 19.3 Å². The van der Waals surface area contributed by atoms with Crippen molar-refractivity contribution in [3.8, 4) is 0 Å². The largest absolute Gasteiger partial charge is 0.370 e. The van der Waals surface area contributed by atoms with E-state index in [-0.39, 0.29) is 35.4 Å². The second-order valence-electron chi connectivity index (χ2n) is 7.09. The average Bonchev–Trinajstić information content (AvgIpc) is 2.51. The highest BCUT2D eigenvalue weighted by Crippen LogP contribution is 2.09. The van der Waals surface area contributed by atoms with Gasteiger partial charge < -0.3 is 16.4 Å². The van der Waals surface area contributed by atoms with Crippen LogP contribution in [0.4, 0.5) is 0 Å². The molecule has 25 heavy (non-hydrogen) atoms. The number of halogens is 1. The SMILES string of the molecule is CCCCCCNC(N)=NCc1cccc(C(=O)NC(C)(C)C)c1.I. The van der Waals surface area contributed by atoms with Crippen LogP contribution in [-0.4, -0.2) is 24.0 Å². The predicted octanol–water partition coefficient (Wildman–Crippen LogP) is 3.82. The van der Waals surface area contributed by atoms with Crippen molar-refractivity contribution in [2.75, 3.05) is 6.54 Å². The second kappa shape index (κ2) is 12.1. The van der Waals surface area contributed by atoms with Crippen LogP contribution in [0.3, 0.4) is 0 Å². The molecular weight excluding hydrogens is 427 g/mol. The molecule has 142 valence electrons. The van der Waals surface area contributed by atoms with Gasteiger partial charge in [-0.1, -0.05) is 38.3 Å². The maximum atomic E-state index is 12.2. The molecule has 4 N–H and O–H groups in total. The van der Waals surface area contributed by atoms with E-state index >= 15 is 0 Å². The van der Waals surface area contributed by atoms with Gasteiger partial charge in [0.05, 0.1) is 6.54 Å². The Balaban J connectivity index is 0.00000576. The normalized spacial score (nSPS) is 11.6. The number of amides is 1. The number of aliphatic imine (C=N–C) groups is 1. The monoisotopic (exact) mass is 460 g/mol. The Morgan fingerprint density at radius 1 is 1.20 bits per heavy atom. The van der Waals surface area contributed by atoms with Crippen LogP contribution in [0.1, 0.15) is 69.3 Å². The topological polar surface area (TPSA) is 79.5 Å². The molecule has 1 rings (SSSR count). The van der Waals surface area contributed by atoms with Gasteiger partial charge in [0.2, 0.25) is 0 Å². The summed E-state index contributed by atoms with van der Waals surface area (Å²) in [5, 5.41) is 6.09. The highest BCUT2D eigenvalue weighted by atomic mass is 127. The van der Waals surface area contributed by atoms with Gasteiger partial charge in [-0.25, -0.2) is 4.99 Å². The number of rotatable bonds is 8. The molecular formula is C19H33IN4O. The lowest BCUT2D eigenvalue weighted by atomic mass is 10.1. The third-order valence-corrected chi connectivity index (χ3v) is 3.45. The van der Waals surface area contributed by atoms with E-state index in [0.29, 0.717) is 18.1 Å². The maximum Gasteiger partial charge on any atom is 0.251 e. The fourth-order valence-corrected chi connectivity index (χ4v) is 2.22. The van der Waals surface area contributed by atoms with Crippen molar-refractivity contribution in [3.05, 3.63) is 35.4 Å². The smallest absolute Gasteiger partial charge is 0.251 e. The molecule has 1 aromatic rings. The van der Waals surface area contributed by atoms with Gasteiger partial charge in [-0.15, -0.1) is 24.0 Å². The Hall–Kier alpha value is -1.31. The minimum absolute atomic E-state index is 0. The fourth-order valence-electron chi connectivity index (χ4n) is 2.22. The van der Waals surface area contributed by atoms with Gasteiger partial charge in [-0.3, -0.25) is 4.79 Å². The number of guanidine groups is 1. The number of carbonyl (C=O) groups is 1. The molecule has 0 radical (unpaired) electrons. The molecule has 0 saturated heterocycles. The molecule has 0 unspecified atom stereocenters. The molecule has 0 aliphatic rings. The highest BCUT2D eigenvalue weighted by Gasteiger charge is 2.15. The standard InChI is InChI=1S/C19H32N4O.HI/c1-5-6-7-8-12-21-18(20)22-14-15-10-9-11-16(13-15)17(24)23-19(2,3)4;/h9-11,13H,5-8,12,14H2,1-4H3,(H,23,24)(H3,20,21,22);1H. The Morgan fingerprint density at radius 2 is 1.92 bits per heavy atom. The predicted molar refractivity (Wildman–Crippen MR) is 117 cm³/mol. The lowest BCUT2D eigenvalue weighted by molar-refractivity contribution is 0.0919. The Morgan fingerprint density at radius 3 is 2.56 bits per heavy atom. The fraction of sp³-hybridized carbons (Fsp3) is 0.579. The summed E-state index contributed by atoms with van der Waals surface area (Å²) in [6, 6.07) is 7.49. The zero-order valence-corrected chi connectivity index (χ0v) is 18.2. The van der Waals surface area contributed by atoms with Crippen molar-refractivity contribution in [1.82, 2.24) is 10.6 Å². The molecule has 0 spiro atoms. The van der Waals surface area contributed by atoms with Crippen LogP contribution < -0.4 is 16.4 Å². The first-order chi connectivity index (χ1) is 11.3. The summed E-state index contributed by atoms with van der Waals surface area (Å²) >= 11 is 0. The van der Waals surface area contributed by atoms with E-state index in [1.807, 2.05) is 45.0 Å². The molecule has 0 aliphatic carbocycles. The lowest BCUT2D eigenvalue weighted by Gasteiger charge is -2.20. The number of nitrogens with zero attached hydrogens (tertiary/aromatic N) is 1. The van der Waals surface area contributed by atoms with Crippen molar-refractivity contribution >= 4 is 35.8 Å². The van der Waals surface area contributed by atoms with E-state index in [1.54, 1.807) is 0 Å². The molecule has 0 fully saturated rings. The first-order valence-corrected chi connectivity index (χ1v) is 8.77. The van der Waals surface area contributed by atoms with Crippen molar-refractivity contribution < 1.29 is 4.79 Å². The van der Waals surface area contributed by atoms with Crippen molar-refractivity contribution in [3.63, 3.8) is 0 Å². The lowest BCUT2D eigenvalue weighted by Crippen LogP contribution is -2.40. The average molecular weight is 460 g/mol. The number of benzene rings is 1. The Bertz CT molecular complexity index is 553. The molecule has 6 heteroatoms. The molecule has 0 aromatic heterocycles. The van der Waals surface area contributed by atoms with Crippen LogP contribution in [0.15, 0.2) is 29.3 Å². The molecule has 0 bridgehead atoms. The number of hydrogen-bond donors (Lipinski definition) is 3. The van der Waals surface area contributed by atoms with Crippen LogP contribution in [0.5, 0.6) is 0 Å². The van der Waals surface area contributed by atoms with Gasteiger partial charge in [0.1, 0.15) is 0 Å². The number of carbonyl (C=O) groups excluding carboxylic acids is 1. The minimum Gasteiger partial charge on any atom is -0.370 e. The summed E-state index contributed by atoms with van der Waals surface area (Å²) in [5.41, 5.74) is 7.23. The third-order valence-electron chi connectivity index (χ3n) is 3.45. The number of nitrogens with two attached hydrogens (primary N) is 1. The van der Waals surface area contributed by atoms with Crippen LogP contribution in [0, 0.1) is 0 Å². The van der Waals surface area contributed by atoms with E-state index in [4.69, 9.17) is 5.73 Å². The maximum absolute atomic E-state index is 12.2. The molecule has 0 atom stereocenters. The van der Waals surface area contributed by atoms with Crippen LogP contribution in [0.2, 0.25) is 0 Å². The number of hydrogen-bond acceptors (Lipinski definition) is 2. The van der Waals surface area contributed by atoms with Crippen molar-refractivity contribution in [2.45, 2.75) is 65.5 Å². The summed E-state index contributed by atoms with van der Waals surface area (Å²) in [4.78, 5) is 16.5. The Kier molecular flexibility index (Phi) is 11.5. The zero-order chi connectivity index (χ0) is 18.0. The summed E-state index contributed by atoms with van der Waals surface area (Å²) in [6.45, 7) is 9.40. The summed E-state index contributed by atoms with van der Waals surface area (Å²) < 4.78 is 0. The first-order valence-electron chi connectivity index (χ1n) is 8.77. The quantitative estimate of drug-likeness (QED) is 0.239. The summed E-state index contributed by atoms with van der Waals surface area (Å²) in [7, 11) is 0. The molecule has 0 saturated carbocycles. The number of nitrogens with one attached hydrogen (secondary N) is 2. The van der Waals surface area contributed by atoms with Crippen molar-refractivity contribution in [2.24, 2.45) is 10.7 Å². The van der Waals surface area contributed by atoms with E-state index in [0.717, 1.165) is 18.5 Å². The second-order valence-corrected chi connectivity index (χ2v) is 7.09. The van der Waals surface area contributed by atoms with Crippen molar-refractivity contribution in [1.29, 1.82) is 0 Å². The van der Waals surface area contributed by atoms with Crippen LogP contribution >= 0.6 is 24.0 Å². The molecule has 0 aliphatic heterocycles. The molecule has 5 nitrogen and oxygen atoms in total. The minimum atomic E-state index is -0.253. The van der Waals surface area contributed by atoms with Gasteiger partial charge in [-0.2, -0.15) is 0 Å². The first kappa shape index (κ1) is 23.7. The summed E-state index contributed by atoms with van der Waals surface area (Å²) in [6.07, 6.45) is 4.79. The van der Waals surface area contributed by atoms with E-state index in [2.05, 4.69) is 22.5 Å². The van der Waals surface area contributed by atoms with Crippen LogP contribution in [-0.2, 0) is 6.54 Å². The zero-order valence-electron chi connectivity index (χ0n) is 15.9. The third kappa shape index (κ3) is 11.0. The van der Waals surface area contributed by atoms with Gasteiger partial charge in [0.25, 0.3) is 5.91 Å². The van der Waals surface area contributed by atoms with Gasteiger partial charge in [0, 0.05) is 17.6 Å². The van der Waals surface area contributed by atoms with E-state index < -0.39 is 0 Å². The molecule has 1 amide bonds. The Labute approximate surface area is 169 Å². The van der Waals surface area contributed by atoms with Crippen LogP contribution in [0.25, 0.3) is 0 Å².